The predicted octanol–water partition coefficient (Wildman–Crippen LogP) is 3.60. The Labute approximate surface area is 145 Å². The van der Waals surface area contributed by atoms with Gasteiger partial charge in [-0.1, -0.05) is 18.2 Å². The SMILES string of the molecule is CC1Cc2cc(F)ccc2C(C)N1C(=O)Cc1ccc(C(=O)O)cc1. The van der Waals surface area contributed by atoms with Gasteiger partial charge in [-0.05, 0) is 61.2 Å². The Balaban J connectivity index is 1.79. The van der Waals surface area contributed by atoms with Crippen molar-refractivity contribution in [3.8, 4) is 0 Å². The highest BCUT2D eigenvalue weighted by molar-refractivity contribution is 5.88. The normalized spacial score (nSPS) is 19.4. The minimum Gasteiger partial charge on any atom is -0.478 e. The van der Waals surface area contributed by atoms with Crippen LogP contribution in [0, 0.1) is 5.82 Å². The molecule has 4 nitrogen and oxygen atoms in total. The third-order valence-corrected chi connectivity index (χ3v) is 4.81. The van der Waals surface area contributed by atoms with Crippen molar-refractivity contribution in [3.05, 3.63) is 70.5 Å². The van der Waals surface area contributed by atoms with E-state index < -0.39 is 5.97 Å². The van der Waals surface area contributed by atoms with Crippen molar-refractivity contribution in [2.75, 3.05) is 0 Å². The van der Waals surface area contributed by atoms with Gasteiger partial charge in [-0.2, -0.15) is 0 Å². The second-order valence-corrected chi connectivity index (χ2v) is 6.55. The fraction of sp³-hybridized carbons (Fsp3) is 0.300. The molecule has 0 saturated carbocycles. The third-order valence-electron chi connectivity index (χ3n) is 4.81. The molecule has 1 amide bonds. The first-order valence-corrected chi connectivity index (χ1v) is 8.28. The summed E-state index contributed by atoms with van der Waals surface area (Å²) in [5, 5.41) is 8.94. The Bertz CT molecular complexity index is 816. The molecule has 2 unspecified atom stereocenters. The molecule has 5 heteroatoms. The summed E-state index contributed by atoms with van der Waals surface area (Å²) < 4.78 is 13.5. The fourth-order valence-corrected chi connectivity index (χ4v) is 3.60. The van der Waals surface area contributed by atoms with Crippen LogP contribution in [0.25, 0.3) is 0 Å². The van der Waals surface area contributed by atoms with Crippen LogP contribution in [0.1, 0.15) is 46.9 Å². The van der Waals surface area contributed by atoms with Gasteiger partial charge in [0.05, 0.1) is 18.0 Å². The van der Waals surface area contributed by atoms with E-state index in [0.717, 1.165) is 16.7 Å². The van der Waals surface area contributed by atoms with Gasteiger partial charge in [-0.15, -0.1) is 0 Å². The maximum Gasteiger partial charge on any atom is 0.335 e. The van der Waals surface area contributed by atoms with E-state index in [-0.39, 0.29) is 35.8 Å². The lowest BCUT2D eigenvalue weighted by molar-refractivity contribution is -0.135. The van der Waals surface area contributed by atoms with Crippen molar-refractivity contribution in [1.82, 2.24) is 4.90 Å². The number of hydrogen-bond donors (Lipinski definition) is 1. The number of hydrogen-bond acceptors (Lipinski definition) is 2. The van der Waals surface area contributed by atoms with E-state index in [1.807, 2.05) is 18.7 Å². The number of amides is 1. The average Bonchev–Trinajstić information content (AvgIpc) is 2.54. The van der Waals surface area contributed by atoms with Gasteiger partial charge in [-0.25, -0.2) is 9.18 Å². The average molecular weight is 341 g/mol. The molecule has 3 rings (SSSR count). The molecule has 0 aromatic heterocycles. The van der Waals surface area contributed by atoms with Crippen LogP contribution in [0.4, 0.5) is 4.39 Å². The molecule has 1 aliphatic rings. The van der Waals surface area contributed by atoms with Crippen LogP contribution in [0.3, 0.4) is 0 Å². The Kier molecular flexibility index (Phi) is 4.57. The molecule has 2 aromatic carbocycles. The Morgan fingerprint density at radius 2 is 1.84 bits per heavy atom. The maximum atomic E-state index is 13.5. The third kappa shape index (κ3) is 3.40. The number of carbonyl (C=O) groups is 2. The minimum absolute atomic E-state index is 0.0157. The lowest BCUT2D eigenvalue weighted by Crippen LogP contribution is -2.45. The quantitative estimate of drug-likeness (QED) is 0.928. The number of nitrogens with zero attached hydrogens (tertiary/aromatic N) is 1. The van der Waals surface area contributed by atoms with Gasteiger partial charge in [0.15, 0.2) is 0 Å². The molecule has 1 aliphatic heterocycles. The monoisotopic (exact) mass is 341 g/mol. The Hall–Kier alpha value is -2.69. The topological polar surface area (TPSA) is 57.6 Å². The largest absolute Gasteiger partial charge is 0.478 e. The summed E-state index contributed by atoms with van der Waals surface area (Å²) in [7, 11) is 0. The van der Waals surface area contributed by atoms with Crippen LogP contribution in [0.5, 0.6) is 0 Å². The zero-order chi connectivity index (χ0) is 18.1. The number of carboxylic acid groups (broad SMARTS) is 1. The minimum atomic E-state index is -0.986. The van der Waals surface area contributed by atoms with E-state index in [4.69, 9.17) is 5.11 Å². The molecule has 0 bridgehead atoms. The van der Waals surface area contributed by atoms with Crippen molar-refractivity contribution in [2.24, 2.45) is 0 Å². The van der Waals surface area contributed by atoms with E-state index in [0.29, 0.717) is 6.42 Å². The van der Waals surface area contributed by atoms with E-state index in [1.54, 1.807) is 24.3 Å². The highest BCUT2D eigenvalue weighted by Crippen LogP contribution is 2.33. The number of fused-ring (bicyclic) bond motifs is 1. The molecule has 0 fully saturated rings. The van der Waals surface area contributed by atoms with Crippen LogP contribution in [-0.4, -0.2) is 27.9 Å². The standard InChI is InChI=1S/C20H20FNO3/c1-12-9-16-11-17(21)7-8-18(16)13(2)22(12)19(23)10-14-3-5-15(6-4-14)20(24)25/h3-8,11-13H,9-10H2,1-2H3,(H,24,25). The smallest absolute Gasteiger partial charge is 0.335 e. The summed E-state index contributed by atoms with van der Waals surface area (Å²) in [6, 6.07) is 10.9. The highest BCUT2D eigenvalue weighted by atomic mass is 19.1. The highest BCUT2D eigenvalue weighted by Gasteiger charge is 2.32. The molecular formula is C20H20FNO3. The van der Waals surface area contributed by atoms with Crippen LogP contribution >= 0.6 is 0 Å². The number of carbonyl (C=O) groups excluding carboxylic acids is 1. The van der Waals surface area contributed by atoms with E-state index >= 15 is 0 Å². The maximum absolute atomic E-state index is 13.5. The molecule has 2 aromatic rings. The van der Waals surface area contributed by atoms with Gasteiger partial charge < -0.3 is 10.0 Å². The molecular weight excluding hydrogens is 321 g/mol. The predicted molar refractivity (Wildman–Crippen MR) is 91.9 cm³/mol. The zero-order valence-corrected chi connectivity index (χ0v) is 14.2. The van der Waals surface area contributed by atoms with Gasteiger partial charge in [0.2, 0.25) is 5.91 Å². The first kappa shape index (κ1) is 17.1. The lowest BCUT2D eigenvalue weighted by atomic mass is 9.89. The molecule has 2 atom stereocenters. The number of carboxylic acids is 1. The second-order valence-electron chi connectivity index (χ2n) is 6.55. The van der Waals surface area contributed by atoms with Crippen LogP contribution < -0.4 is 0 Å². The van der Waals surface area contributed by atoms with Gasteiger partial charge in [0.25, 0.3) is 0 Å². The summed E-state index contributed by atoms with van der Waals surface area (Å²) in [5.74, 6) is -1.26. The zero-order valence-electron chi connectivity index (χ0n) is 14.2. The van der Waals surface area contributed by atoms with E-state index in [9.17, 15) is 14.0 Å². The molecule has 0 saturated heterocycles. The molecule has 1 heterocycles. The van der Waals surface area contributed by atoms with Crippen molar-refractivity contribution < 1.29 is 19.1 Å². The van der Waals surface area contributed by atoms with Gasteiger partial charge in [0, 0.05) is 6.04 Å². The summed E-state index contributed by atoms with van der Waals surface area (Å²) in [4.78, 5) is 25.6. The van der Waals surface area contributed by atoms with Crippen LogP contribution in [0.15, 0.2) is 42.5 Å². The Morgan fingerprint density at radius 1 is 1.16 bits per heavy atom. The summed E-state index contributed by atoms with van der Waals surface area (Å²) in [6.07, 6.45) is 0.840. The first-order valence-electron chi connectivity index (χ1n) is 8.28. The van der Waals surface area contributed by atoms with Crippen molar-refractivity contribution in [3.63, 3.8) is 0 Å². The van der Waals surface area contributed by atoms with Crippen molar-refractivity contribution in [1.29, 1.82) is 0 Å². The summed E-state index contributed by atoms with van der Waals surface area (Å²) >= 11 is 0. The van der Waals surface area contributed by atoms with Crippen molar-refractivity contribution >= 4 is 11.9 Å². The molecule has 0 aliphatic carbocycles. The number of halogens is 1. The lowest BCUT2D eigenvalue weighted by Gasteiger charge is -2.40. The summed E-state index contributed by atoms with van der Waals surface area (Å²) in [6.45, 7) is 3.92. The van der Waals surface area contributed by atoms with Crippen LogP contribution in [0.2, 0.25) is 0 Å². The Morgan fingerprint density at radius 3 is 2.48 bits per heavy atom. The molecule has 130 valence electrons. The first-order chi connectivity index (χ1) is 11.9. The van der Waals surface area contributed by atoms with E-state index in [2.05, 4.69) is 0 Å². The number of rotatable bonds is 3. The molecule has 25 heavy (non-hydrogen) atoms. The molecule has 0 spiro atoms. The number of aromatic carboxylic acids is 1. The van der Waals surface area contributed by atoms with Gasteiger partial charge >= 0.3 is 5.97 Å². The second kappa shape index (κ2) is 6.67. The summed E-state index contributed by atoms with van der Waals surface area (Å²) in [5.41, 5.74) is 2.91. The van der Waals surface area contributed by atoms with Gasteiger partial charge in [-0.3, -0.25) is 4.79 Å². The molecule has 0 radical (unpaired) electrons. The number of benzene rings is 2. The molecule has 1 N–H and O–H groups in total. The van der Waals surface area contributed by atoms with Crippen LogP contribution in [-0.2, 0) is 17.6 Å². The van der Waals surface area contributed by atoms with E-state index in [1.165, 1.54) is 18.2 Å². The fourth-order valence-electron chi connectivity index (χ4n) is 3.60. The van der Waals surface area contributed by atoms with Gasteiger partial charge in [0.1, 0.15) is 5.82 Å². The van der Waals surface area contributed by atoms with Crippen molar-refractivity contribution in [2.45, 2.75) is 38.8 Å².